The highest BCUT2D eigenvalue weighted by atomic mass is 32.2. The van der Waals surface area contributed by atoms with E-state index < -0.39 is 22.1 Å². The summed E-state index contributed by atoms with van der Waals surface area (Å²) in [6, 6.07) is 1.58. The monoisotopic (exact) mass is 566 g/mol. The van der Waals surface area contributed by atoms with Gasteiger partial charge in [0.25, 0.3) is 0 Å². The number of hydrogen-bond acceptors (Lipinski definition) is 9. The maximum Gasteiger partial charge on any atom is 0.240 e. The molecule has 1 aliphatic carbocycles. The van der Waals surface area contributed by atoms with E-state index in [1.807, 2.05) is 4.90 Å². The van der Waals surface area contributed by atoms with Crippen LogP contribution in [-0.4, -0.2) is 67.6 Å². The number of amidine groups is 1. The van der Waals surface area contributed by atoms with Crippen LogP contribution in [0.15, 0.2) is 29.6 Å². The molecule has 1 amide bonds. The predicted molar refractivity (Wildman–Crippen MR) is 146 cm³/mol. The molecule has 2 bridgehead atoms. The number of terminal acetylenes is 1. The van der Waals surface area contributed by atoms with Crippen LogP contribution in [0.1, 0.15) is 49.4 Å². The summed E-state index contributed by atoms with van der Waals surface area (Å²) in [5, 5.41) is 0.219. The number of piperidine rings is 1. The van der Waals surface area contributed by atoms with Crippen LogP contribution in [-0.2, 0) is 15.1 Å². The Morgan fingerprint density at radius 1 is 1.30 bits per heavy atom. The minimum Gasteiger partial charge on any atom is -0.463 e. The van der Waals surface area contributed by atoms with E-state index in [9.17, 15) is 4.79 Å². The fourth-order valence-corrected chi connectivity index (χ4v) is 7.61. The van der Waals surface area contributed by atoms with E-state index in [4.69, 9.17) is 21.6 Å². The number of nitrogens with two attached hydrogens (primary N) is 1. The smallest absolute Gasteiger partial charge is 0.240 e. The van der Waals surface area contributed by atoms with E-state index in [-0.39, 0.29) is 52.8 Å². The number of aromatic nitrogens is 3. The fraction of sp³-hybridized carbons (Fsp3) is 0.464. The maximum absolute atomic E-state index is 15.3. The first-order valence-corrected chi connectivity index (χ1v) is 13.9. The number of nitrogens with zero attached hydrogens (tertiary/aromatic N) is 5. The molecule has 2 aromatic rings. The number of carbonyl (C=O) groups is 1. The van der Waals surface area contributed by atoms with E-state index in [0.717, 1.165) is 19.3 Å². The predicted octanol–water partition coefficient (Wildman–Crippen LogP) is 3.31. The second-order valence-corrected chi connectivity index (χ2v) is 12.0. The minimum absolute atomic E-state index is 0.0160. The Morgan fingerprint density at radius 2 is 2.08 bits per heavy atom. The van der Waals surface area contributed by atoms with Crippen molar-refractivity contribution < 1.29 is 23.0 Å². The highest BCUT2D eigenvalue weighted by molar-refractivity contribution is 8.15. The summed E-state index contributed by atoms with van der Waals surface area (Å²) in [5.41, 5.74) is 5.55. The first-order chi connectivity index (χ1) is 19.2. The van der Waals surface area contributed by atoms with Gasteiger partial charge in [-0.15, -0.1) is 6.42 Å². The zero-order valence-corrected chi connectivity index (χ0v) is 22.7. The van der Waals surface area contributed by atoms with Crippen molar-refractivity contribution in [2.45, 2.75) is 55.0 Å². The molecule has 3 fully saturated rings. The van der Waals surface area contributed by atoms with Crippen molar-refractivity contribution in [3.8, 4) is 18.2 Å². The highest BCUT2D eigenvalue weighted by Crippen LogP contribution is 2.67. The van der Waals surface area contributed by atoms with Gasteiger partial charge in [-0.3, -0.25) is 9.79 Å². The number of rotatable bonds is 6. The van der Waals surface area contributed by atoms with Crippen LogP contribution in [0.5, 0.6) is 5.88 Å². The first-order valence-electron chi connectivity index (χ1n) is 13.1. The lowest BCUT2D eigenvalue weighted by molar-refractivity contribution is -0.151. The highest BCUT2D eigenvalue weighted by Gasteiger charge is 2.72. The molecule has 9 nitrogen and oxygen atoms in total. The number of ether oxygens (including phenoxy) is 2. The number of morpholine rings is 1. The van der Waals surface area contributed by atoms with Gasteiger partial charge >= 0.3 is 0 Å². The van der Waals surface area contributed by atoms with Crippen molar-refractivity contribution in [1.29, 1.82) is 0 Å². The number of pyridine rings is 1. The Labute approximate surface area is 234 Å². The molecule has 0 unspecified atom stereocenters. The van der Waals surface area contributed by atoms with Gasteiger partial charge in [-0.2, -0.15) is 4.39 Å². The van der Waals surface area contributed by atoms with Crippen LogP contribution in [0.25, 0.3) is 11.9 Å². The van der Waals surface area contributed by atoms with Gasteiger partial charge in [-0.05, 0) is 50.3 Å². The van der Waals surface area contributed by atoms with Gasteiger partial charge in [-0.25, -0.2) is 19.3 Å². The Kier molecular flexibility index (Phi) is 6.74. The number of halogens is 2. The SMILES string of the molecule is C#CCOc1cnc(/C(F)=C/c2cnc(F)c([C@@]3(C)N=C(N)S[C@@]4(C(=O)N5[C@H]6CCC[C@H]5COC6)C[C@H]43)c2)cn1. The summed E-state index contributed by atoms with van der Waals surface area (Å²) in [5.74, 6) is 0.768. The zero-order valence-electron chi connectivity index (χ0n) is 21.8. The molecular formula is C28H28F2N6O3S. The zero-order chi connectivity index (χ0) is 28.1. The molecule has 2 N–H and O–H groups in total. The number of fused-ring (bicyclic) bond motifs is 3. The third-order valence-corrected chi connectivity index (χ3v) is 9.46. The van der Waals surface area contributed by atoms with Crippen LogP contribution < -0.4 is 10.5 Å². The molecule has 0 radical (unpaired) electrons. The molecule has 40 heavy (non-hydrogen) atoms. The molecule has 5 atom stereocenters. The lowest BCUT2D eigenvalue weighted by Gasteiger charge is -2.47. The number of aliphatic imine (C=N–C) groups is 1. The third-order valence-electron chi connectivity index (χ3n) is 8.17. The van der Waals surface area contributed by atoms with Crippen LogP contribution >= 0.6 is 11.8 Å². The van der Waals surface area contributed by atoms with Crippen molar-refractivity contribution in [3.05, 3.63) is 47.4 Å². The molecule has 5 heterocycles. The standard InChI is InChI=1S/C28H28F2N6O3S/c1-3-7-39-23-13-32-21(12-33-23)20(29)9-16-8-19(24(30)34-11-16)27(2)22-10-28(22,40-26(31)35-27)25(37)36-17-5-4-6-18(36)15-38-14-17/h1,8-9,11-13,17-18,22H,4-7,10,14-15H2,2H3,(H2,31,35)/b20-9-/t17-,18-,22-,27+,28-/m0/s1. The fourth-order valence-electron chi connectivity index (χ4n) is 6.19. The molecule has 2 aromatic heterocycles. The Bertz CT molecular complexity index is 1420. The average Bonchev–Trinajstić information content (AvgIpc) is 3.69. The topological polar surface area (TPSA) is 116 Å². The van der Waals surface area contributed by atoms with Crippen molar-refractivity contribution in [3.63, 3.8) is 0 Å². The Hall–Kier alpha value is -3.56. The van der Waals surface area contributed by atoms with Gasteiger partial charge < -0.3 is 20.1 Å². The molecule has 208 valence electrons. The lowest BCUT2D eigenvalue weighted by atomic mass is 9.85. The number of amides is 1. The van der Waals surface area contributed by atoms with Gasteiger partial charge in [0.05, 0.1) is 43.2 Å². The van der Waals surface area contributed by atoms with Crippen LogP contribution in [0.4, 0.5) is 8.78 Å². The second-order valence-electron chi connectivity index (χ2n) is 10.7. The van der Waals surface area contributed by atoms with Crippen molar-refractivity contribution >= 4 is 34.7 Å². The van der Waals surface area contributed by atoms with Crippen molar-refractivity contribution in [1.82, 2.24) is 19.9 Å². The number of carbonyl (C=O) groups excluding carboxylic acids is 1. The number of hydrogen-bond donors (Lipinski definition) is 1. The van der Waals surface area contributed by atoms with E-state index in [1.54, 1.807) is 6.92 Å². The second kappa shape index (κ2) is 10.1. The molecule has 2 saturated heterocycles. The molecule has 6 rings (SSSR count). The number of thioether (sulfide) groups is 1. The molecule has 1 saturated carbocycles. The van der Waals surface area contributed by atoms with Gasteiger partial charge in [0.1, 0.15) is 10.4 Å². The molecule has 12 heteroatoms. The summed E-state index contributed by atoms with van der Waals surface area (Å²) < 4.78 is 40.4. The summed E-state index contributed by atoms with van der Waals surface area (Å²) in [6.45, 7) is 2.84. The van der Waals surface area contributed by atoms with Gasteiger partial charge in [0.2, 0.25) is 17.7 Å². The summed E-state index contributed by atoms with van der Waals surface area (Å²) in [7, 11) is 0. The average molecular weight is 567 g/mol. The van der Waals surface area contributed by atoms with E-state index in [0.29, 0.717) is 25.2 Å². The summed E-state index contributed by atoms with van der Waals surface area (Å²) in [6.07, 6.45) is 13.4. The molecular weight excluding hydrogens is 538 g/mol. The van der Waals surface area contributed by atoms with Gasteiger partial charge in [-0.1, -0.05) is 17.7 Å². The van der Waals surface area contributed by atoms with Crippen LogP contribution in [0.3, 0.4) is 0 Å². The first kappa shape index (κ1) is 26.7. The van der Waals surface area contributed by atoms with Gasteiger partial charge in [0, 0.05) is 17.7 Å². The summed E-state index contributed by atoms with van der Waals surface area (Å²) >= 11 is 1.27. The van der Waals surface area contributed by atoms with Crippen molar-refractivity contribution in [2.24, 2.45) is 16.6 Å². The quantitative estimate of drug-likeness (QED) is 0.418. The molecule has 0 aromatic carbocycles. The van der Waals surface area contributed by atoms with Crippen LogP contribution in [0.2, 0.25) is 0 Å². The van der Waals surface area contributed by atoms with E-state index in [1.165, 1.54) is 42.5 Å². The van der Waals surface area contributed by atoms with Gasteiger partial charge in [0.15, 0.2) is 17.6 Å². The molecule has 0 spiro atoms. The van der Waals surface area contributed by atoms with Crippen molar-refractivity contribution in [2.75, 3.05) is 19.8 Å². The maximum atomic E-state index is 15.3. The summed E-state index contributed by atoms with van der Waals surface area (Å²) in [4.78, 5) is 32.6. The minimum atomic E-state index is -1.15. The van der Waals surface area contributed by atoms with E-state index >= 15 is 8.78 Å². The normalized spacial score (nSPS) is 31.1. The molecule has 3 aliphatic heterocycles. The third kappa shape index (κ3) is 4.51. The Morgan fingerprint density at radius 3 is 2.77 bits per heavy atom. The largest absolute Gasteiger partial charge is 0.463 e. The van der Waals surface area contributed by atoms with E-state index in [2.05, 4.69) is 25.9 Å². The Balaban J connectivity index is 1.29. The lowest BCUT2D eigenvalue weighted by Crippen LogP contribution is -2.60. The molecule has 4 aliphatic rings. The van der Waals surface area contributed by atoms with Crippen LogP contribution in [0, 0.1) is 24.2 Å².